The summed E-state index contributed by atoms with van der Waals surface area (Å²) in [7, 11) is 1.50. The van der Waals surface area contributed by atoms with Crippen LogP contribution < -0.4 is 0 Å². The van der Waals surface area contributed by atoms with Gasteiger partial charge in [-0.2, -0.15) is 0 Å². The molecule has 100 valence electrons. The largest absolute Gasteiger partial charge is 0.459 e. The third kappa shape index (κ3) is 8.54. The van der Waals surface area contributed by atoms with E-state index in [0.29, 0.717) is 0 Å². The van der Waals surface area contributed by atoms with Crippen LogP contribution in [0.1, 0.15) is 41.5 Å². The number of ether oxygens (including phenoxy) is 2. The SMILES string of the molecule is CN(CC(=O)OC(C)(C)C)C(=O)OC(C)(C)C. The Hall–Kier alpha value is -1.26. The van der Waals surface area contributed by atoms with E-state index in [1.54, 1.807) is 41.5 Å². The first-order valence-electron chi connectivity index (χ1n) is 5.57. The maximum atomic E-state index is 11.6. The Kier molecular flexibility index (Phi) is 4.98. The van der Waals surface area contributed by atoms with Gasteiger partial charge in [-0.05, 0) is 41.5 Å². The summed E-state index contributed by atoms with van der Waals surface area (Å²) in [6, 6.07) is 0. The fourth-order valence-corrected chi connectivity index (χ4v) is 0.972. The zero-order valence-corrected chi connectivity index (χ0v) is 11.8. The van der Waals surface area contributed by atoms with E-state index < -0.39 is 23.3 Å². The van der Waals surface area contributed by atoms with Crippen LogP contribution in [0.25, 0.3) is 0 Å². The first-order valence-corrected chi connectivity index (χ1v) is 5.57. The molecule has 0 saturated heterocycles. The minimum atomic E-state index is -0.570. The van der Waals surface area contributed by atoms with Crippen molar-refractivity contribution in [3.63, 3.8) is 0 Å². The summed E-state index contributed by atoms with van der Waals surface area (Å²) >= 11 is 0. The molecule has 0 aliphatic carbocycles. The fraction of sp³-hybridized carbons (Fsp3) is 0.833. The van der Waals surface area contributed by atoms with Gasteiger partial charge < -0.3 is 14.4 Å². The molecule has 0 heterocycles. The number of likely N-dealkylation sites (N-methyl/N-ethyl adjacent to an activating group) is 1. The van der Waals surface area contributed by atoms with Crippen LogP contribution in [0, 0.1) is 0 Å². The molecule has 0 atom stereocenters. The maximum absolute atomic E-state index is 11.6. The number of hydrogen-bond acceptors (Lipinski definition) is 4. The van der Waals surface area contributed by atoms with Gasteiger partial charge in [-0.15, -0.1) is 0 Å². The summed E-state index contributed by atoms with van der Waals surface area (Å²) in [6.07, 6.45) is -0.539. The Morgan fingerprint density at radius 2 is 1.35 bits per heavy atom. The van der Waals surface area contributed by atoms with Crippen molar-refractivity contribution in [3.05, 3.63) is 0 Å². The lowest BCUT2D eigenvalue weighted by atomic mass is 10.2. The summed E-state index contributed by atoms with van der Waals surface area (Å²) in [4.78, 5) is 24.2. The first-order chi connectivity index (χ1) is 7.41. The number of carbonyl (C=O) groups excluding carboxylic acids is 2. The Morgan fingerprint density at radius 1 is 0.941 bits per heavy atom. The van der Waals surface area contributed by atoms with Crippen LogP contribution in [-0.4, -0.2) is 41.8 Å². The zero-order chi connectivity index (χ0) is 13.9. The van der Waals surface area contributed by atoms with E-state index in [1.165, 1.54) is 11.9 Å². The average molecular weight is 245 g/mol. The van der Waals surface area contributed by atoms with Crippen LogP contribution >= 0.6 is 0 Å². The molecule has 0 radical (unpaired) electrons. The summed E-state index contributed by atoms with van der Waals surface area (Å²) in [5.41, 5.74) is -1.12. The van der Waals surface area contributed by atoms with Crippen molar-refractivity contribution >= 4 is 12.1 Å². The van der Waals surface area contributed by atoms with Crippen molar-refractivity contribution in [2.75, 3.05) is 13.6 Å². The summed E-state index contributed by atoms with van der Waals surface area (Å²) in [5, 5.41) is 0. The maximum Gasteiger partial charge on any atom is 0.410 e. The number of hydrogen-bond donors (Lipinski definition) is 0. The smallest absolute Gasteiger partial charge is 0.410 e. The molecule has 0 spiro atoms. The van der Waals surface area contributed by atoms with Crippen molar-refractivity contribution in [2.24, 2.45) is 0 Å². The molecule has 0 aromatic heterocycles. The molecule has 5 heteroatoms. The molecule has 0 saturated carbocycles. The van der Waals surface area contributed by atoms with Crippen LogP contribution in [0.3, 0.4) is 0 Å². The molecule has 0 fully saturated rings. The quantitative estimate of drug-likeness (QED) is 0.700. The fourth-order valence-electron chi connectivity index (χ4n) is 0.972. The molecule has 0 aliphatic rings. The summed E-state index contributed by atoms with van der Waals surface area (Å²) in [5.74, 6) is -0.453. The Morgan fingerprint density at radius 3 is 1.71 bits per heavy atom. The molecule has 17 heavy (non-hydrogen) atoms. The number of nitrogens with zero attached hydrogens (tertiary/aromatic N) is 1. The van der Waals surface area contributed by atoms with Crippen LogP contribution in [0.5, 0.6) is 0 Å². The van der Waals surface area contributed by atoms with Crippen LogP contribution in [-0.2, 0) is 14.3 Å². The van der Waals surface area contributed by atoms with Gasteiger partial charge in [-0.1, -0.05) is 0 Å². The summed E-state index contributed by atoms with van der Waals surface area (Å²) < 4.78 is 10.2. The highest BCUT2D eigenvalue weighted by atomic mass is 16.6. The average Bonchev–Trinajstić information content (AvgIpc) is 1.95. The van der Waals surface area contributed by atoms with Gasteiger partial charge in [0.05, 0.1) is 0 Å². The van der Waals surface area contributed by atoms with E-state index in [9.17, 15) is 9.59 Å². The molecular weight excluding hydrogens is 222 g/mol. The number of amides is 1. The highest BCUT2D eigenvalue weighted by Gasteiger charge is 2.23. The van der Waals surface area contributed by atoms with E-state index in [-0.39, 0.29) is 6.54 Å². The van der Waals surface area contributed by atoms with Crippen molar-refractivity contribution in [2.45, 2.75) is 52.7 Å². The van der Waals surface area contributed by atoms with Gasteiger partial charge in [0.15, 0.2) is 0 Å². The number of carbonyl (C=O) groups is 2. The normalized spacial score (nSPS) is 11.9. The van der Waals surface area contributed by atoms with Gasteiger partial charge in [0.25, 0.3) is 0 Å². The Bertz CT molecular complexity index is 286. The Labute approximate surface area is 103 Å². The molecule has 0 aromatic carbocycles. The highest BCUT2D eigenvalue weighted by molar-refractivity contribution is 5.78. The second kappa shape index (κ2) is 5.38. The van der Waals surface area contributed by atoms with Crippen LogP contribution in [0.4, 0.5) is 4.79 Å². The minimum absolute atomic E-state index is 0.119. The standard InChI is InChI=1S/C12H23NO4/c1-11(2,3)16-9(14)8-13(7)10(15)17-12(4,5)6/h8H2,1-7H3. The zero-order valence-electron chi connectivity index (χ0n) is 11.8. The van der Waals surface area contributed by atoms with E-state index in [4.69, 9.17) is 9.47 Å². The highest BCUT2D eigenvalue weighted by Crippen LogP contribution is 2.10. The lowest BCUT2D eigenvalue weighted by Gasteiger charge is -2.25. The second-order valence-electron chi connectivity index (χ2n) is 5.92. The molecule has 5 nitrogen and oxygen atoms in total. The van der Waals surface area contributed by atoms with Crippen molar-refractivity contribution < 1.29 is 19.1 Å². The van der Waals surface area contributed by atoms with Gasteiger partial charge in [-0.3, -0.25) is 4.79 Å². The molecule has 0 rings (SSSR count). The van der Waals surface area contributed by atoms with Crippen molar-refractivity contribution in [1.29, 1.82) is 0 Å². The minimum Gasteiger partial charge on any atom is -0.459 e. The van der Waals surface area contributed by atoms with E-state index in [1.807, 2.05) is 0 Å². The second-order valence-corrected chi connectivity index (χ2v) is 5.92. The predicted octanol–water partition coefficient (Wildman–Crippen LogP) is 2.20. The monoisotopic (exact) mass is 245 g/mol. The lowest BCUT2D eigenvalue weighted by Crippen LogP contribution is -2.39. The molecule has 0 aromatic rings. The number of rotatable bonds is 2. The van der Waals surface area contributed by atoms with Crippen molar-refractivity contribution in [1.82, 2.24) is 4.90 Å². The number of esters is 1. The van der Waals surface area contributed by atoms with Crippen LogP contribution in [0.2, 0.25) is 0 Å². The molecule has 0 unspecified atom stereocenters. The molecule has 0 N–H and O–H groups in total. The van der Waals surface area contributed by atoms with E-state index in [0.717, 1.165) is 0 Å². The van der Waals surface area contributed by atoms with Gasteiger partial charge in [0, 0.05) is 7.05 Å². The third-order valence-electron chi connectivity index (χ3n) is 1.49. The van der Waals surface area contributed by atoms with Crippen molar-refractivity contribution in [3.8, 4) is 0 Å². The molecular formula is C12H23NO4. The molecule has 0 aliphatic heterocycles. The predicted molar refractivity (Wildman–Crippen MR) is 64.7 cm³/mol. The van der Waals surface area contributed by atoms with Gasteiger partial charge in [0.2, 0.25) is 0 Å². The van der Waals surface area contributed by atoms with Gasteiger partial charge in [-0.25, -0.2) is 4.79 Å². The molecule has 0 bridgehead atoms. The van der Waals surface area contributed by atoms with Gasteiger partial charge in [0.1, 0.15) is 17.7 Å². The lowest BCUT2D eigenvalue weighted by molar-refractivity contribution is -0.155. The topological polar surface area (TPSA) is 55.8 Å². The van der Waals surface area contributed by atoms with Crippen LogP contribution in [0.15, 0.2) is 0 Å². The molecule has 1 amide bonds. The first kappa shape index (κ1) is 15.7. The van der Waals surface area contributed by atoms with E-state index >= 15 is 0 Å². The Balaban J connectivity index is 4.22. The van der Waals surface area contributed by atoms with E-state index in [2.05, 4.69) is 0 Å². The third-order valence-corrected chi connectivity index (χ3v) is 1.49. The summed E-state index contributed by atoms with van der Waals surface area (Å²) in [6.45, 7) is 10.5. The van der Waals surface area contributed by atoms with Gasteiger partial charge >= 0.3 is 12.1 Å².